The Kier molecular flexibility index (Phi) is 13.1. The third-order valence-electron chi connectivity index (χ3n) is 8.41. The average molecular weight is 629 g/mol. The van der Waals surface area contributed by atoms with Gasteiger partial charge in [-0.25, -0.2) is 0 Å². The number of rotatable bonds is 19. The van der Waals surface area contributed by atoms with E-state index in [0.29, 0.717) is 44.0 Å². The number of nitrogens with two attached hydrogens (primary N) is 2. The minimum Gasteiger partial charge on any atom is -0.354 e. The van der Waals surface area contributed by atoms with E-state index in [1.54, 1.807) is 0 Å². The van der Waals surface area contributed by atoms with Crippen LogP contribution in [0.1, 0.15) is 59.8 Å². The Labute approximate surface area is 279 Å². The van der Waals surface area contributed by atoms with Gasteiger partial charge in [-0.05, 0) is 61.0 Å². The normalized spacial score (nSPS) is 11.1. The van der Waals surface area contributed by atoms with Crippen molar-refractivity contribution in [1.82, 2.24) is 15.0 Å². The van der Waals surface area contributed by atoms with Gasteiger partial charge in [-0.3, -0.25) is 0 Å². The summed E-state index contributed by atoms with van der Waals surface area (Å²) >= 11 is 0. The molecule has 0 atom stereocenters. The zero-order valence-corrected chi connectivity index (χ0v) is 27.2. The van der Waals surface area contributed by atoms with Crippen LogP contribution in [0.2, 0.25) is 0 Å². The van der Waals surface area contributed by atoms with Gasteiger partial charge in [-0.15, -0.1) is 0 Å². The quantitative estimate of drug-likeness (QED) is 0.0804. The Balaban J connectivity index is 1.34. The van der Waals surface area contributed by atoms with Crippen molar-refractivity contribution >= 4 is 17.8 Å². The highest BCUT2D eigenvalue weighted by molar-refractivity contribution is 5.44. The summed E-state index contributed by atoms with van der Waals surface area (Å²) in [5.74, 6) is 2.26. The van der Waals surface area contributed by atoms with E-state index in [1.807, 2.05) is 0 Å². The summed E-state index contributed by atoms with van der Waals surface area (Å²) in [7, 11) is 0. The second-order valence-corrected chi connectivity index (χ2v) is 11.7. The zero-order valence-electron chi connectivity index (χ0n) is 27.2. The number of benzene rings is 4. The van der Waals surface area contributed by atoms with Gasteiger partial charge < -0.3 is 27.0 Å². The first-order valence-electron chi connectivity index (χ1n) is 16.8. The molecular formula is C39H48N8. The SMILES string of the molecule is NCCCN(CCCN)c1nc(NCCC(c2ccccc2)c2ccccc2)nc(NCCC(c2ccccc2)c2ccccc2)n1. The highest BCUT2D eigenvalue weighted by Gasteiger charge is 2.18. The fourth-order valence-electron chi connectivity index (χ4n) is 5.99. The van der Waals surface area contributed by atoms with Crippen LogP contribution in [0.25, 0.3) is 0 Å². The van der Waals surface area contributed by atoms with Gasteiger partial charge in [0.2, 0.25) is 17.8 Å². The molecule has 0 radical (unpaired) electrons. The molecule has 0 aliphatic heterocycles. The van der Waals surface area contributed by atoms with E-state index in [2.05, 4.69) is 137 Å². The summed E-state index contributed by atoms with van der Waals surface area (Å²) in [6.45, 7) is 4.11. The topological polar surface area (TPSA) is 118 Å². The molecule has 0 amide bonds. The highest BCUT2D eigenvalue weighted by Crippen LogP contribution is 2.29. The van der Waals surface area contributed by atoms with Crippen LogP contribution in [0.5, 0.6) is 0 Å². The first-order valence-corrected chi connectivity index (χ1v) is 16.8. The Morgan fingerprint density at radius 1 is 0.489 bits per heavy atom. The number of nitrogens with one attached hydrogen (secondary N) is 2. The van der Waals surface area contributed by atoms with Crippen molar-refractivity contribution in [2.45, 2.75) is 37.5 Å². The van der Waals surface area contributed by atoms with Crippen molar-refractivity contribution < 1.29 is 0 Å². The van der Waals surface area contributed by atoms with Crippen LogP contribution in [0.15, 0.2) is 121 Å². The van der Waals surface area contributed by atoms with Crippen LogP contribution in [-0.4, -0.2) is 54.2 Å². The predicted octanol–water partition coefficient (Wildman–Crippen LogP) is 6.64. The van der Waals surface area contributed by atoms with E-state index in [1.165, 1.54) is 22.3 Å². The summed E-state index contributed by atoms with van der Waals surface area (Å²) in [4.78, 5) is 16.8. The molecule has 0 aliphatic rings. The minimum atomic E-state index is 0.252. The number of hydrogen-bond donors (Lipinski definition) is 4. The van der Waals surface area contributed by atoms with Crippen molar-refractivity contribution in [1.29, 1.82) is 0 Å². The molecule has 8 heteroatoms. The van der Waals surface area contributed by atoms with Gasteiger partial charge in [0.15, 0.2) is 0 Å². The van der Waals surface area contributed by atoms with Crippen LogP contribution in [0.3, 0.4) is 0 Å². The Bertz CT molecular complexity index is 1370. The summed E-state index contributed by atoms with van der Waals surface area (Å²) in [5, 5.41) is 7.07. The maximum Gasteiger partial charge on any atom is 0.231 e. The van der Waals surface area contributed by atoms with E-state index >= 15 is 0 Å². The number of aromatic nitrogens is 3. The second-order valence-electron chi connectivity index (χ2n) is 11.7. The lowest BCUT2D eigenvalue weighted by atomic mass is 9.88. The summed E-state index contributed by atoms with van der Waals surface area (Å²) in [6.07, 6.45) is 3.45. The standard InChI is InChI=1S/C39H48N8/c40-25-13-29-47(30-14-26-41)39-45-37(42-27-23-35(31-15-5-1-6-16-31)32-17-7-2-8-18-32)44-38(46-39)43-28-24-36(33-19-9-3-10-20-33)34-21-11-4-12-22-34/h1-12,15-22,35-36H,13-14,23-30,40-41H2,(H2,42,43,44,45,46). The lowest BCUT2D eigenvalue weighted by Gasteiger charge is -2.24. The predicted molar refractivity (Wildman–Crippen MR) is 195 cm³/mol. The molecule has 0 aliphatic carbocycles. The lowest BCUT2D eigenvalue weighted by Crippen LogP contribution is -2.31. The molecule has 1 aromatic heterocycles. The van der Waals surface area contributed by atoms with Gasteiger partial charge in [0.05, 0.1) is 0 Å². The third-order valence-corrected chi connectivity index (χ3v) is 8.41. The van der Waals surface area contributed by atoms with Crippen LogP contribution in [0.4, 0.5) is 17.8 Å². The van der Waals surface area contributed by atoms with Crippen LogP contribution < -0.4 is 27.0 Å². The maximum absolute atomic E-state index is 5.89. The smallest absolute Gasteiger partial charge is 0.231 e. The van der Waals surface area contributed by atoms with Crippen LogP contribution >= 0.6 is 0 Å². The van der Waals surface area contributed by atoms with Gasteiger partial charge >= 0.3 is 0 Å². The molecule has 0 saturated carbocycles. The summed E-state index contributed by atoms with van der Waals surface area (Å²) < 4.78 is 0. The molecule has 0 saturated heterocycles. The monoisotopic (exact) mass is 628 g/mol. The molecule has 5 aromatic rings. The Morgan fingerprint density at radius 3 is 1.15 bits per heavy atom. The molecule has 0 bridgehead atoms. The van der Waals surface area contributed by atoms with E-state index in [4.69, 9.17) is 26.4 Å². The van der Waals surface area contributed by atoms with Crippen molar-refractivity contribution in [2.24, 2.45) is 11.5 Å². The molecular weight excluding hydrogens is 580 g/mol. The molecule has 0 unspecified atom stereocenters. The van der Waals surface area contributed by atoms with Gasteiger partial charge in [0, 0.05) is 38.0 Å². The first-order chi connectivity index (χ1) is 23.2. The number of anilines is 3. The van der Waals surface area contributed by atoms with E-state index in [0.717, 1.165) is 38.8 Å². The van der Waals surface area contributed by atoms with Crippen molar-refractivity contribution in [2.75, 3.05) is 54.8 Å². The van der Waals surface area contributed by atoms with E-state index in [9.17, 15) is 0 Å². The molecule has 5 rings (SSSR count). The minimum absolute atomic E-state index is 0.252. The molecule has 0 fully saturated rings. The van der Waals surface area contributed by atoms with Crippen LogP contribution in [0, 0.1) is 0 Å². The van der Waals surface area contributed by atoms with E-state index in [-0.39, 0.29) is 11.8 Å². The van der Waals surface area contributed by atoms with Crippen molar-refractivity contribution in [3.8, 4) is 0 Å². The fraction of sp³-hybridized carbons (Fsp3) is 0.308. The van der Waals surface area contributed by atoms with Crippen LogP contribution in [-0.2, 0) is 0 Å². The molecule has 47 heavy (non-hydrogen) atoms. The molecule has 8 nitrogen and oxygen atoms in total. The van der Waals surface area contributed by atoms with Gasteiger partial charge in [-0.2, -0.15) is 15.0 Å². The first kappa shape index (κ1) is 33.6. The number of nitrogens with zero attached hydrogens (tertiary/aromatic N) is 4. The molecule has 244 valence electrons. The maximum atomic E-state index is 5.89. The third kappa shape index (κ3) is 10.1. The second kappa shape index (κ2) is 18.4. The fourth-order valence-corrected chi connectivity index (χ4v) is 5.99. The van der Waals surface area contributed by atoms with Gasteiger partial charge in [0.25, 0.3) is 0 Å². The Hall–Kier alpha value is -4.79. The lowest BCUT2D eigenvalue weighted by molar-refractivity contribution is 0.681. The summed E-state index contributed by atoms with van der Waals surface area (Å²) in [6, 6.07) is 42.7. The Morgan fingerprint density at radius 2 is 0.830 bits per heavy atom. The highest BCUT2D eigenvalue weighted by atomic mass is 15.3. The molecule has 0 spiro atoms. The zero-order chi connectivity index (χ0) is 32.5. The number of hydrogen-bond acceptors (Lipinski definition) is 8. The average Bonchev–Trinajstić information content (AvgIpc) is 3.13. The molecule has 1 heterocycles. The van der Waals surface area contributed by atoms with E-state index < -0.39 is 0 Å². The largest absolute Gasteiger partial charge is 0.354 e. The summed E-state index contributed by atoms with van der Waals surface area (Å²) in [5.41, 5.74) is 17.0. The van der Waals surface area contributed by atoms with Gasteiger partial charge in [0.1, 0.15) is 0 Å². The van der Waals surface area contributed by atoms with Crippen molar-refractivity contribution in [3.05, 3.63) is 144 Å². The van der Waals surface area contributed by atoms with Gasteiger partial charge in [-0.1, -0.05) is 121 Å². The molecule has 6 N–H and O–H groups in total. The molecule has 4 aromatic carbocycles. The van der Waals surface area contributed by atoms with Crippen molar-refractivity contribution in [3.63, 3.8) is 0 Å².